The van der Waals surface area contributed by atoms with Crippen LogP contribution in [-0.2, 0) is 14.8 Å². The molecule has 1 N–H and O–H groups in total. The van der Waals surface area contributed by atoms with Gasteiger partial charge in [-0.25, -0.2) is 13.1 Å². The van der Waals surface area contributed by atoms with Crippen LogP contribution in [0, 0.1) is 13.8 Å². The van der Waals surface area contributed by atoms with Gasteiger partial charge in [-0.1, -0.05) is 30.3 Å². The smallest absolute Gasteiger partial charge is 0.246 e. The maximum atomic E-state index is 12.6. The molecule has 4 rings (SSSR count). The number of benzene rings is 2. The van der Waals surface area contributed by atoms with Crippen LogP contribution in [0.5, 0.6) is 5.75 Å². The third kappa shape index (κ3) is 5.58. The molecule has 2 fully saturated rings. The predicted molar refractivity (Wildman–Crippen MR) is 125 cm³/mol. The van der Waals surface area contributed by atoms with Gasteiger partial charge in [0.05, 0.1) is 4.90 Å². The summed E-state index contributed by atoms with van der Waals surface area (Å²) < 4.78 is 33.4. The Hall–Kier alpha value is -2.64. The van der Waals surface area contributed by atoms with E-state index in [0.29, 0.717) is 13.1 Å². The molecule has 1 aliphatic heterocycles. The van der Waals surface area contributed by atoms with Crippen molar-refractivity contribution in [3.8, 4) is 5.75 Å². The lowest BCUT2D eigenvalue weighted by Crippen LogP contribution is -2.41. The summed E-state index contributed by atoms with van der Waals surface area (Å²) >= 11 is 0. The normalized spacial score (nSPS) is 17.6. The van der Waals surface area contributed by atoms with Crippen LogP contribution in [0.4, 0.5) is 0 Å². The zero-order chi connectivity index (χ0) is 22.7. The van der Waals surface area contributed by atoms with Crippen LogP contribution in [0.1, 0.15) is 42.4 Å². The Kier molecular flexibility index (Phi) is 6.67. The highest BCUT2D eigenvalue weighted by molar-refractivity contribution is 7.89. The van der Waals surface area contributed by atoms with Gasteiger partial charge in [-0.05, 0) is 61.6 Å². The van der Waals surface area contributed by atoms with Gasteiger partial charge in [-0.15, -0.1) is 0 Å². The van der Waals surface area contributed by atoms with Gasteiger partial charge in [-0.2, -0.15) is 0 Å². The van der Waals surface area contributed by atoms with E-state index < -0.39 is 10.0 Å². The third-order valence-electron chi connectivity index (χ3n) is 5.95. The number of sulfonamides is 1. The van der Waals surface area contributed by atoms with E-state index in [-0.39, 0.29) is 22.9 Å². The Labute approximate surface area is 190 Å². The number of likely N-dealkylation sites (tertiary alicyclic amines) is 1. The number of carbonyl (C=O) groups is 1. The van der Waals surface area contributed by atoms with Crippen molar-refractivity contribution < 1.29 is 17.9 Å². The number of ether oxygens (including phenoxy) is 1. The molecule has 0 bridgehead atoms. The minimum absolute atomic E-state index is 0.0392. The molecule has 0 atom stereocenters. The van der Waals surface area contributed by atoms with E-state index in [1.54, 1.807) is 36.4 Å². The summed E-state index contributed by atoms with van der Waals surface area (Å²) in [5.74, 6) is 0.914. The lowest BCUT2D eigenvalue weighted by molar-refractivity contribution is -0.127. The zero-order valence-electron chi connectivity index (χ0n) is 18.6. The molecule has 6 nitrogen and oxygen atoms in total. The minimum atomic E-state index is -3.46. The minimum Gasteiger partial charge on any atom is -0.490 e. The van der Waals surface area contributed by atoms with E-state index in [4.69, 9.17) is 4.74 Å². The van der Waals surface area contributed by atoms with E-state index in [2.05, 4.69) is 30.7 Å². The maximum Gasteiger partial charge on any atom is 0.246 e. The van der Waals surface area contributed by atoms with E-state index in [1.807, 2.05) is 11.0 Å². The molecule has 32 heavy (non-hydrogen) atoms. The number of para-hydroxylation sites is 1. The Balaban J connectivity index is 1.29. The van der Waals surface area contributed by atoms with Crippen LogP contribution in [0.25, 0.3) is 6.08 Å². The lowest BCUT2D eigenvalue weighted by Gasteiger charge is -2.32. The molecule has 1 saturated heterocycles. The summed E-state index contributed by atoms with van der Waals surface area (Å²) in [5, 5.41) is 0. The van der Waals surface area contributed by atoms with Gasteiger partial charge in [0.2, 0.25) is 15.9 Å². The van der Waals surface area contributed by atoms with Crippen molar-refractivity contribution in [1.29, 1.82) is 0 Å². The molecule has 0 spiro atoms. The topological polar surface area (TPSA) is 75.7 Å². The fraction of sp³-hybridized carbons (Fsp3) is 0.400. The zero-order valence-corrected chi connectivity index (χ0v) is 19.4. The molecule has 1 heterocycles. The highest BCUT2D eigenvalue weighted by atomic mass is 32.2. The van der Waals surface area contributed by atoms with Crippen LogP contribution in [0.3, 0.4) is 0 Å². The lowest BCUT2D eigenvalue weighted by atomic mass is 10.1. The van der Waals surface area contributed by atoms with Crippen molar-refractivity contribution in [2.75, 3.05) is 13.1 Å². The molecular weight excluding hydrogens is 424 g/mol. The van der Waals surface area contributed by atoms with Crippen molar-refractivity contribution in [3.05, 3.63) is 65.2 Å². The summed E-state index contributed by atoms with van der Waals surface area (Å²) in [7, 11) is -3.46. The quantitative estimate of drug-likeness (QED) is 0.645. The van der Waals surface area contributed by atoms with Crippen LogP contribution in [-0.4, -0.2) is 44.5 Å². The fourth-order valence-electron chi connectivity index (χ4n) is 3.87. The summed E-state index contributed by atoms with van der Waals surface area (Å²) in [6.45, 7) is 5.42. The number of nitrogens with one attached hydrogen (secondary N) is 1. The average Bonchev–Trinajstić information content (AvgIpc) is 3.59. The van der Waals surface area contributed by atoms with Crippen molar-refractivity contribution in [3.63, 3.8) is 0 Å². The molecule has 2 aromatic rings. The summed E-state index contributed by atoms with van der Waals surface area (Å²) in [4.78, 5) is 14.7. The van der Waals surface area contributed by atoms with Gasteiger partial charge in [0.15, 0.2) is 0 Å². The molecule has 2 aliphatic rings. The van der Waals surface area contributed by atoms with E-state index in [0.717, 1.165) is 48.1 Å². The Morgan fingerprint density at radius 1 is 1.00 bits per heavy atom. The number of carbonyl (C=O) groups excluding carboxylic acids is 1. The Morgan fingerprint density at radius 3 is 2.22 bits per heavy atom. The summed E-state index contributed by atoms with van der Waals surface area (Å²) in [5.41, 5.74) is 3.05. The number of amides is 1. The van der Waals surface area contributed by atoms with Crippen molar-refractivity contribution in [1.82, 2.24) is 9.62 Å². The third-order valence-corrected chi connectivity index (χ3v) is 7.49. The summed E-state index contributed by atoms with van der Waals surface area (Å²) in [6.07, 6.45) is 6.79. The monoisotopic (exact) mass is 454 g/mol. The number of rotatable bonds is 7. The molecule has 0 radical (unpaired) electrons. The van der Waals surface area contributed by atoms with Crippen molar-refractivity contribution in [2.45, 2.75) is 56.6 Å². The van der Waals surface area contributed by atoms with Crippen LogP contribution in [0.15, 0.2) is 53.4 Å². The second kappa shape index (κ2) is 9.46. The fourth-order valence-corrected chi connectivity index (χ4v) is 5.17. The van der Waals surface area contributed by atoms with Gasteiger partial charge in [-0.3, -0.25) is 4.79 Å². The number of piperidine rings is 1. The van der Waals surface area contributed by atoms with Gasteiger partial charge >= 0.3 is 0 Å². The first-order chi connectivity index (χ1) is 15.3. The predicted octanol–water partition coefficient (Wildman–Crippen LogP) is 3.83. The highest BCUT2D eigenvalue weighted by Crippen LogP contribution is 2.26. The number of nitrogens with zero attached hydrogens (tertiary/aromatic N) is 1. The average molecular weight is 455 g/mol. The van der Waals surface area contributed by atoms with Gasteiger partial charge < -0.3 is 9.64 Å². The summed E-state index contributed by atoms with van der Waals surface area (Å²) in [6, 6.07) is 12.8. The molecule has 0 unspecified atom stereocenters. The molecule has 1 amide bonds. The van der Waals surface area contributed by atoms with Crippen LogP contribution >= 0.6 is 0 Å². The van der Waals surface area contributed by atoms with Crippen molar-refractivity contribution in [2.24, 2.45) is 0 Å². The Morgan fingerprint density at radius 2 is 1.62 bits per heavy atom. The Bertz CT molecular complexity index is 1080. The number of hydrogen-bond donors (Lipinski definition) is 1. The highest BCUT2D eigenvalue weighted by Gasteiger charge is 2.28. The van der Waals surface area contributed by atoms with Gasteiger partial charge in [0.25, 0.3) is 0 Å². The largest absolute Gasteiger partial charge is 0.490 e. The van der Waals surface area contributed by atoms with Crippen molar-refractivity contribution >= 4 is 22.0 Å². The number of hydrogen-bond acceptors (Lipinski definition) is 4. The van der Waals surface area contributed by atoms with E-state index >= 15 is 0 Å². The molecule has 0 aromatic heterocycles. The standard InChI is InChI=1S/C25H30N2O4S/c1-18-4-3-5-19(2)25(18)31-22-14-16-27(17-15-22)24(28)13-8-20-6-11-23(12-7-20)32(29,30)26-21-9-10-21/h3-8,11-13,21-22,26H,9-10,14-17H2,1-2H3/b13-8+. The molecule has 1 saturated carbocycles. The first-order valence-corrected chi connectivity index (χ1v) is 12.6. The molecular formula is C25H30N2O4S. The van der Waals surface area contributed by atoms with E-state index in [9.17, 15) is 13.2 Å². The maximum absolute atomic E-state index is 12.6. The second-order valence-electron chi connectivity index (χ2n) is 8.66. The molecule has 170 valence electrons. The van der Waals surface area contributed by atoms with Gasteiger partial charge in [0, 0.05) is 38.0 Å². The van der Waals surface area contributed by atoms with Gasteiger partial charge in [0.1, 0.15) is 11.9 Å². The molecule has 1 aliphatic carbocycles. The first kappa shape index (κ1) is 22.6. The van der Waals surface area contributed by atoms with E-state index in [1.165, 1.54) is 0 Å². The second-order valence-corrected chi connectivity index (χ2v) is 10.4. The first-order valence-electron chi connectivity index (χ1n) is 11.1. The molecule has 7 heteroatoms. The van der Waals surface area contributed by atoms with Crippen LogP contribution in [0.2, 0.25) is 0 Å². The molecule has 2 aromatic carbocycles. The van der Waals surface area contributed by atoms with Crippen LogP contribution < -0.4 is 9.46 Å². The SMILES string of the molecule is Cc1cccc(C)c1OC1CCN(C(=O)/C=C/c2ccc(S(=O)(=O)NC3CC3)cc2)CC1. The number of aryl methyl sites for hydroxylation is 2.